The van der Waals surface area contributed by atoms with Crippen molar-refractivity contribution in [2.45, 2.75) is 0 Å². The first kappa shape index (κ1) is 12.1. The Labute approximate surface area is 111 Å². The third-order valence-corrected chi connectivity index (χ3v) is 3.80. The van der Waals surface area contributed by atoms with Crippen LogP contribution in [-0.2, 0) is 0 Å². The average molecular weight is 312 g/mol. The highest BCUT2D eigenvalue weighted by atomic mass is 79.9. The molecular formula is C11H10BrN3OS. The van der Waals surface area contributed by atoms with Gasteiger partial charge < -0.3 is 11.1 Å². The fraction of sp³-hybridized carbons (Fsp3) is 0.0909. The zero-order chi connectivity index (χ0) is 12.4. The summed E-state index contributed by atoms with van der Waals surface area (Å²) in [6, 6.07) is 7.15. The van der Waals surface area contributed by atoms with Gasteiger partial charge in [0, 0.05) is 17.1 Å². The molecule has 4 nitrogen and oxygen atoms in total. The molecule has 0 bridgehead atoms. The zero-order valence-corrected chi connectivity index (χ0v) is 11.4. The summed E-state index contributed by atoms with van der Waals surface area (Å²) in [5.74, 6) is 0.168. The van der Waals surface area contributed by atoms with Crippen LogP contribution in [-0.4, -0.2) is 17.8 Å². The van der Waals surface area contributed by atoms with Gasteiger partial charge in [-0.2, -0.15) is 0 Å². The third-order valence-electron chi connectivity index (χ3n) is 2.18. The van der Waals surface area contributed by atoms with Crippen molar-refractivity contribution in [1.29, 1.82) is 0 Å². The second-order valence-electron chi connectivity index (χ2n) is 3.32. The molecule has 17 heavy (non-hydrogen) atoms. The number of ketones is 1. The van der Waals surface area contributed by atoms with Gasteiger partial charge in [0.2, 0.25) is 5.78 Å². The number of benzene rings is 1. The van der Waals surface area contributed by atoms with Gasteiger partial charge in [-0.05, 0) is 24.3 Å². The predicted octanol–water partition coefficient (Wildman–Crippen LogP) is 2.76. The molecule has 0 unspecified atom stereocenters. The van der Waals surface area contributed by atoms with Crippen molar-refractivity contribution in [3.8, 4) is 0 Å². The molecule has 2 aromatic rings. The number of nitrogen functional groups attached to an aromatic ring is 1. The second-order valence-corrected chi connectivity index (χ2v) is 5.23. The lowest BCUT2D eigenvalue weighted by atomic mass is 10.1. The van der Waals surface area contributed by atoms with E-state index in [0.29, 0.717) is 15.6 Å². The Morgan fingerprint density at radius 2 is 2.06 bits per heavy atom. The lowest BCUT2D eigenvalue weighted by molar-refractivity contribution is 0.104. The number of aromatic nitrogens is 1. The molecule has 6 heteroatoms. The summed E-state index contributed by atoms with van der Waals surface area (Å²) < 4.78 is 0.933. The van der Waals surface area contributed by atoms with E-state index in [2.05, 4.69) is 26.2 Å². The molecule has 0 saturated heterocycles. The van der Waals surface area contributed by atoms with Crippen LogP contribution in [0.1, 0.15) is 15.2 Å². The Morgan fingerprint density at radius 3 is 2.59 bits per heavy atom. The maximum Gasteiger partial charge on any atom is 0.206 e. The maximum atomic E-state index is 12.2. The van der Waals surface area contributed by atoms with Crippen LogP contribution in [0.2, 0.25) is 0 Å². The van der Waals surface area contributed by atoms with Crippen molar-refractivity contribution >= 4 is 44.0 Å². The van der Waals surface area contributed by atoms with Crippen LogP contribution in [0.25, 0.3) is 0 Å². The highest BCUT2D eigenvalue weighted by Crippen LogP contribution is 2.27. The van der Waals surface area contributed by atoms with Crippen molar-refractivity contribution in [2.24, 2.45) is 0 Å². The van der Waals surface area contributed by atoms with Crippen LogP contribution >= 0.6 is 27.3 Å². The first-order valence-corrected chi connectivity index (χ1v) is 6.47. The van der Waals surface area contributed by atoms with E-state index in [4.69, 9.17) is 5.73 Å². The molecule has 0 saturated carbocycles. The standard InChI is InChI=1S/C11H10BrN3OS/c1-14-11-15-10(13)9(17-11)8(16)6-2-4-7(12)5-3-6/h2-5H,13H2,1H3,(H,14,15). The average Bonchev–Trinajstić information content (AvgIpc) is 2.71. The van der Waals surface area contributed by atoms with E-state index in [1.165, 1.54) is 11.3 Å². The van der Waals surface area contributed by atoms with Crippen molar-refractivity contribution in [3.05, 3.63) is 39.2 Å². The summed E-state index contributed by atoms with van der Waals surface area (Å²) in [5.41, 5.74) is 6.32. The molecule has 0 fully saturated rings. The number of rotatable bonds is 3. The van der Waals surface area contributed by atoms with E-state index < -0.39 is 0 Å². The largest absolute Gasteiger partial charge is 0.382 e. The van der Waals surface area contributed by atoms with Crippen molar-refractivity contribution < 1.29 is 4.79 Å². The minimum atomic E-state index is -0.103. The van der Waals surface area contributed by atoms with Gasteiger partial charge >= 0.3 is 0 Å². The van der Waals surface area contributed by atoms with Gasteiger partial charge in [0.25, 0.3) is 0 Å². The Hall–Kier alpha value is -1.40. The number of hydrogen-bond donors (Lipinski definition) is 2. The summed E-state index contributed by atoms with van der Waals surface area (Å²) in [7, 11) is 1.74. The molecular weight excluding hydrogens is 302 g/mol. The molecule has 0 atom stereocenters. The molecule has 0 radical (unpaired) electrons. The summed E-state index contributed by atoms with van der Waals surface area (Å²) in [6.07, 6.45) is 0. The molecule has 88 valence electrons. The molecule has 0 aliphatic heterocycles. The predicted molar refractivity (Wildman–Crippen MR) is 73.6 cm³/mol. The topological polar surface area (TPSA) is 68.0 Å². The number of nitrogens with zero attached hydrogens (tertiary/aromatic N) is 1. The van der Waals surface area contributed by atoms with Crippen molar-refractivity contribution in [3.63, 3.8) is 0 Å². The van der Waals surface area contributed by atoms with E-state index in [1.807, 2.05) is 12.1 Å². The third kappa shape index (κ3) is 2.48. The number of carbonyl (C=O) groups is 1. The molecule has 3 N–H and O–H groups in total. The molecule has 0 aliphatic carbocycles. The molecule has 1 heterocycles. The lowest BCUT2D eigenvalue weighted by Crippen LogP contribution is -2.02. The molecule has 2 rings (SSSR count). The van der Waals surface area contributed by atoms with E-state index >= 15 is 0 Å². The first-order chi connectivity index (χ1) is 8.11. The van der Waals surface area contributed by atoms with Crippen LogP contribution in [0.4, 0.5) is 10.9 Å². The van der Waals surface area contributed by atoms with Gasteiger partial charge in [-0.25, -0.2) is 4.98 Å². The number of halogens is 1. The minimum absolute atomic E-state index is 0.103. The van der Waals surface area contributed by atoms with Gasteiger partial charge in [0.05, 0.1) is 0 Å². The Kier molecular flexibility index (Phi) is 3.44. The number of anilines is 2. The van der Waals surface area contributed by atoms with Gasteiger partial charge in [0.1, 0.15) is 10.7 Å². The van der Waals surface area contributed by atoms with Gasteiger partial charge in [-0.1, -0.05) is 27.3 Å². The normalized spacial score (nSPS) is 10.2. The number of hydrogen-bond acceptors (Lipinski definition) is 5. The number of nitrogens with one attached hydrogen (secondary N) is 1. The Morgan fingerprint density at radius 1 is 1.41 bits per heavy atom. The van der Waals surface area contributed by atoms with E-state index in [1.54, 1.807) is 19.2 Å². The van der Waals surface area contributed by atoms with Crippen LogP contribution in [0, 0.1) is 0 Å². The second kappa shape index (κ2) is 4.85. The van der Waals surface area contributed by atoms with E-state index in [0.717, 1.165) is 4.47 Å². The van der Waals surface area contributed by atoms with Gasteiger partial charge in [-0.15, -0.1) is 0 Å². The fourth-order valence-electron chi connectivity index (χ4n) is 1.33. The van der Waals surface area contributed by atoms with Crippen LogP contribution in [0.5, 0.6) is 0 Å². The Bertz CT molecular complexity index is 550. The van der Waals surface area contributed by atoms with Crippen molar-refractivity contribution in [2.75, 3.05) is 18.1 Å². The summed E-state index contributed by atoms with van der Waals surface area (Å²) in [4.78, 5) is 16.7. The molecule has 0 spiro atoms. The van der Waals surface area contributed by atoms with Crippen LogP contribution in [0.3, 0.4) is 0 Å². The van der Waals surface area contributed by atoms with Gasteiger partial charge in [0.15, 0.2) is 5.13 Å². The quantitative estimate of drug-likeness (QED) is 0.855. The smallest absolute Gasteiger partial charge is 0.206 e. The number of thiazole rings is 1. The summed E-state index contributed by atoms with van der Waals surface area (Å²) in [6.45, 7) is 0. The number of carbonyl (C=O) groups excluding carboxylic acids is 1. The number of nitrogens with two attached hydrogens (primary N) is 1. The molecule has 0 amide bonds. The van der Waals surface area contributed by atoms with E-state index in [-0.39, 0.29) is 11.6 Å². The van der Waals surface area contributed by atoms with Gasteiger partial charge in [-0.3, -0.25) is 4.79 Å². The SMILES string of the molecule is CNc1nc(N)c(C(=O)c2ccc(Br)cc2)s1. The first-order valence-electron chi connectivity index (χ1n) is 4.86. The van der Waals surface area contributed by atoms with E-state index in [9.17, 15) is 4.79 Å². The fourth-order valence-corrected chi connectivity index (χ4v) is 2.40. The highest BCUT2D eigenvalue weighted by molar-refractivity contribution is 9.10. The molecule has 0 aliphatic rings. The lowest BCUT2D eigenvalue weighted by Gasteiger charge is -1.98. The molecule has 1 aromatic carbocycles. The Balaban J connectivity index is 2.36. The summed E-state index contributed by atoms with van der Waals surface area (Å²) >= 11 is 4.58. The highest BCUT2D eigenvalue weighted by Gasteiger charge is 2.17. The van der Waals surface area contributed by atoms with Crippen LogP contribution < -0.4 is 11.1 Å². The molecule has 1 aromatic heterocycles. The summed E-state index contributed by atoms with van der Waals surface area (Å²) in [5, 5.41) is 3.51. The van der Waals surface area contributed by atoms with Crippen molar-refractivity contribution in [1.82, 2.24) is 4.98 Å². The van der Waals surface area contributed by atoms with Crippen LogP contribution in [0.15, 0.2) is 28.7 Å². The zero-order valence-electron chi connectivity index (χ0n) is 9.03. The monoisotopic (exact) mass is 311 g/mol. The maximum absolute atomic E-state index is 12.2. The minimum Gasteiger partial charge on any atom is -0.382 e.